The molecule has 3 heterocycles. The second kappa shape index (κ2) is 9.14. The van der Waals surface area contributed by atoms with Crippen LogP contribution in [-0.2, 0) is 0 Å². The predicted molar refractivity (Wildman–Crippen MR) is 132 cm³/mol. The molecule has 0 spiro atoms. The van der Waals surface area contributed by atoms with E-state index in [1.807, 2.05) is 31.2 Å². The van der Waals surface area contributed by atoms with E-state index in [1.54, 1.807) is 49.4 Å². The molecule has 0 aliphatic carbocycles. The van der Waals surface area contributed by atoms with Crippen LogP contribution in [0.3, 0.4) is 0 Å². The molecule has 35 heavy (non-hydrogen) atoms. The molecule has 3 amide bonds. The second-order valence-electron chi connectivity index (χ2n) is 7.91. The van der Waals surface area contributed by atoms with Crippen molar-refractivity contribution >= 4 is 40.1 Å². The number of benzene rings is 2. The first kappa shape index (κ1) is 21.9. The second-order valence-corrected chi connectivity index (χ2v) is 7.91. The summed E-state index contributed by atoms with van der Waals surface area (Å²) >= 11 is 0. The van der Waals surface area contributed by atoms with Crippen LogP contribution in [0.2, 0.25) is 0 Å². The number of hydrogen-bond acceptors (Lipinski definition) is 6. The third-order valence-corrected chi connectivity index (χ3v) is 5.41. The summed E-state index contributed by atoms with van der Waals surface area (Å²) in [5.41, 5.74) is 4.16. The number of carbonyl (C=O) groups excluding carboxylic acids is 2. The number of para-hydroxylation sites is 1. The summed E-state index contributed by atoms with van der Waals surface area (Å²) in [6.07, 6.45) is 1.53. The van der Waals surface area contributed by atoms with Crippen LogP contribution >= 0.6 is 0 Å². The van der Waals surface area contributed by atoms with Crippen LogP contribution in [0.1, 0.15) is 21.6 Å². The molecule has 9 heteroatoms. The Hall–Kier alpha value is -4.92. The molecule has 0 bridgehead atoms. The zero-order valence-electron chi connectivity index (χ0n) is 19.0. The number of urea groups is 1. The number of nitrogens with zero attached hydrogens (tertiary/aromatic N) is 2. The summed E-state index contributed by atoms with van der Waals surface area (Å²) in [5, 5.41) is 13.0. The number of hydrogen-bond donors (Lipinski definition) is 3. The number of aryl methyl sites for hydroxylation is 2. The number of fused-ring (bicyclic) bond motifs is 1. The molecule has 3 N–H and O–H groups in total. The minimum absolute atomic E-state index is 0.242. The third kappa shape index (κ3) is 4.60. The fraction of sp³-hybridized carbons (Fsp3) is 0.0769. The maximum atomic E-state index is 13.4. The van der Waals surface area contributed by atoms with E-state index in [0.29, 0.717) is 45.2 Å². The van der Waals surface area contributed by atoms with Gasteiger partial charge in [0, 0.05) is 17.1 Å². The molecule has 0 saturated carbocycles. The average molecular weight is 467 g/mol. The van der Waals surface area contributed by atoms with Gasteiger partial charge in [0.05, 0.1) is 22.9 Å². The average Bonchev–Trinajstić information content (AvgIpc) is 3.52. The van der Waals surface area contributed by atoms with Gasteiger partial charge in [0.1, 0.15) is 5.69 Å². The van der Waals surface area contributed by atoms with Crippen LogP contribution in [0, 0.1) is 13.8 Å². The maximum Gasteiger partial charge on any atom is 0.323 e. The van der Waals surface area contributed by atoms with E-state index >= 15 is 0 Å². The van der Waals surface area contributed by atoms with Crippen molar-refractivity contribution in [3.05, 3.63) is 89.8 Å². The zero-order chi connectivity index (χ0) is 24.4. The van der Waals surface area contributed by atoms with Crippen LogP contribution in [0.15, 0.2) is 81.9 Å². The molecule has 0 radical (unpaired) electrons. The lowest BCUT2D eigenvalue weighted by Crippen LogP contribution is -2.20. The summed E-state index contributed by atoms with van der Waals surface area (Å²) < 4.78 is 10.8. The first-order chi connectivity index (χ1) is 17.0. The third-order valence-electron chi connectivity index (χ3n) is 5.41. The highest BCUT2D eigenvalue weighted by molar-refractivity contribution is 6.13. The molecule has 0 saturated heterocycles. The van der Waals surface area contributed by atoms with Gasteiger partial charge < -0.3 is 24.9 Å². The molecule has 9 nitrogen and oxygen atoms in total. The molecule has 5 rings (SSSR count). The topological polar surface area (TPSA) is 122 Å². The normalized spacial score (nSPS) is 10.8. The van der Waals surface area contributed by atoms with Gasteiger partial charge in [0.15, 0.2) is 5.76 Å². The van der Waals surface area contributed by atoms with Crippen molar-refractivity contribution < 1.29 is 18.5 Å². The van der Waals surface area contributed by atoms with Gasteiger partial charge in [0.2, 0.25) is 0 Å². The first-order valence-electron chi connectivity index (χ1n) is 10.8. The van der Waals surface area contributed by atoms with Crippen molar-refractivity contribution in [3.8, 4) is 11.5 Å². The lowest BCUT2D eigenvalue weighted by Gasteiger charge is -2.13. The fourth-order valence-corrected chi connectivity index (χ4v) is 3.66. The van der Waals surface area contributed by atoms with Gasteiger partial charge in [-0.1, -0.05) is 29.4 Å². The van der Waals surface area contributed by atoms with Crippen molar-refractivity contribution in [1.82, 2.24) is 10.1 Å². The molecule has 0 fully saturated rings. The Labute approximate surface area is 200 Å². The molecule has 0 aliphatic rings. The quantitative estimate of drug-likeness (QED) is 0.292. The Kier molecular flexibility index (Phi) is 5.72. The number of furan rings is 1. The molecule has 2 aromatic carbocycles. The standard InChI is InChI=1S/C26H21N5O4/c1-15-10-11-18(28-26(33)27-17-7-4-3-5-8-17)13-20(15)29-24(32)19-14-21(22-9-6-12-34-22)30-25-23(19)16(2)31-35-25/h3-14H,1-2H3,(H,29,32)(H2,27,28,33). The highest BCUT2D eigenvalue weighted by Crippen LogP contribution is 2.29. The van der Waals surface area contributed by atoms with E-state index in [4.69, 9.17) is 8.94 Å². The van der Waals surface area contributed by atoms with Crippen LogP contribution in [0.4, 0.5) is 21.9 Å². The van der Waals surface area contributed by atoms with Gasteiger partial charge in [-0.2, -0.15) is 0 Å². The predicted octanol–water partition coefficient (Wildman–Crippen LogP) is 6.00. The fourth-order valence-electron chi connectivity index (χ4n) is 3.66. The van der Waals surface area contributed by atoms with Gasteiger partial charge in [-0.15, -0.1) is 0 Å². The van der Waals surface area contributed by atoms with E-state index in [1.165, 1.54) is 6.26 Å². The van der Waals surface area contributed by atoms with E-state index in [2.05, 4.69) is 26.1 Å². The van der Waals surface area contributed by atoms with E-state index in [-0.39, 0.29) is 11.6 Å². The van der Waals surface area contributed by atoms with Crippen LogP contribution < -0.4 is 16.0 Å². The lowest BCUT2D eigenvalue weighted by molar-refractivity contribution is 0.102. The van der Waals surface area contributed by atoms with Gasteiger partial charge in [-0.05, 0) is 61.9 Å². The van der Waals surface area contributed by atoms with Gasteiger partial charge in [-0.3, -0.25) is 4.79 Å². The molecule has 0 unspecified atom stereocenters. The summed E-state index contributed by atoms with van der Waals surface area (Å²) in [4.78, 5) is 30.2. The lowest BCUT2D eigenvalue weighted by atomic mass is 10.1. The molecule has 0 aliphatic heterocycles. The van der Waals surface area contributed by atoms with Crippen LogP contribution in [0.25, 0.3) is 22.6 Å². The molecular weight excluding hydrogens is 446 g/mol. The molecule has 174 valence electrons. The Balaban J connectivity index is 1.41. The number of aromatic nitrogens is 2. The monoisotopic (exact) mass is 467 g/mol. The van der Waals surface area contributed by atoms with Gasteiger partial charge >= 0.3 is 6.03 Å². The van der Waals surface area contributed by atoms with Crippen molar-refractivity contribution in [1.29, 1.82) is 0 Å². The number of anilines is 3. The molecule has 3 aromatic heterocycles. The summed E-state index contributed by atoms with van der Waals surface area (Å²) in [5.74, 6) is 0.132. The number of rotatable bonds is 5. The smallest absolute Gasteiger partial charge is 0.323 e. The van der Waals surface area contributed by atoms with Crippen LogP contribution in [-0.4, -0.2) is 22.1 Å². The summed E-state index contributed by atoms with van der Waals surface area (Å²) in [6.45, 7) is 3.61. The number of carbonyl (C=O) groups is 2. The Morgan fingerprint density at radius 3 is 2.43 bits per heavy atom. The van der Waals surface area contributed by atoms with Crippen molar-refractivity contribution in [2.45, 2.75) is 13.8 Å². The van der Waals surface area contributed by atoms with Crippen LogP contribution in [0.5, 0.6) is 0 Å². The van der Waals surface area contributed by atoms with E-state index in [0.717, 1.165) is 5.56 Å². The number of amides is 3. The minimum atomic E-state index is -0.392. The van der Waals surface area contributed by atoms with E-state index < -0.39 is 6.03 Å². The van der Waals surface area contributed by atoms with E-state index in [9.17, 15) is 9.59 Å². The molecular formula is C26H21N5O4. The highest BCUT2D eigenvalue weighted by atomic mass is 16.5. The zero-order valence-corrected chi connectivity index (χ0v) is 19.0. The largest absolute Gasteiger partial charge is 0.463 e. The summed E-state index contributed by atoms with van der Waals surface area (Å²) in [7, 11) is 0. The van der Waals surface area contributed by atoms with Crippen molar-refractivity contribution in [2.75, 3.05) is 16.0 Å². The Bertz CT molecular complexity index is 1520. The number of pyridine rings is 1. The molecule has 0 atom stereocenters. The number of nitrogens with one attached hydrogen (secondary N) is 3. The summed E-state index contributed by atoms with van der Waals surface area (Å²) in [6, 6.07) is 19.1. The maximum absolute atomic E-state index is 13.4. The van der Waals surface area contributed by atoms with Crippen molar-refractivity contribution in [3.63, 3.8) is 0 Å². The minimum Gasteiger partial charge on any atom is -0.463 e. The first-order valence-corrected chi connectivity index (χ1v) is 10.8. The SMILES string of the molecule is Cc1ccc(NC(=O)Nc2ccccc2)cc1NC(=O)c1cc(-c2ccco2)nc2onc(C)c12. The molecule has 5 aromatic rings. The highest BCUT2D eigenvalue weighted by Gasteiger charge is 2.21. The Morgan fingerprint density at radius 2 is 1.66 bits per heavy atom. The Morgan fingerprint density at radius 1 is 0.857 bits per heavy atom. The van der Waals surface area contributed by atoms with Gasteiger partial charge in [0.25, 0.3) is 11.6 Å². The van der Waals surface area contributed by atoms with Gasteiger partial charge in [-0.25, -0.2) is 9.78 Å². The van der Waals surface area contributed by atoms with Crippen molar-refractivity contribution in [2.24, 2.45) is 0 Å².